The molecule has 0 amide bonds. The highest BCUT2D eigenvalue weighted by molar-refractivity contribution is 6.30. The average molecular weight is 262 g/mol. The van der Waals surface area contributed by atoms with Crippen molar-refractivity contribution in [1.29, 1.82) is 5.41 Å². The Morgan fingerprint density at radius 3 is 1.94 bits per heavy atom. The van der Waals surface area contributed by atoms with Crippen molar-refractivity contribution in [3.8, 4) is 11.5 Å². The predicted octanol–water partition coefficient (Wildman–Crippen LogP) is 4.10. The zero-order valence-corrected chi connectivity index (χ0v) is 10.6. The lowest BCUT2D eigenvalue weighted by Crippen LogP contribution is -2.00. The second-order valence-corrected chi connectivity index (χ2v) is 4.05. The third-order valence-electron chi connectivity index (χ3n) is 2.37. The van der Waals surface area contributed by atoms with Gasteiger partial charge in [-0.15, -0.1) is 0 Å². The molecule has 1 N–H and O–H groups in total. The van der Waals surface area contributed by atoms with Crippen LogP contribution in [0.2, 0.25) is 5.02 Å². The van der Waals surface area contributed by atoms with Gasteiger partial charge in [0, 0.05) is 10.6 Å². The summed E-state index contributed by atoms with van der Waals surface area (Å²) in [5.74, 6) is 1.55. The second-order valence-electron chi connectivity index (χ2n) is 3.61. The Morgan fingerprint density at radius 1 is 0.944 bits per heavy atom. The zero-order valence-electron chi connectivity index (χ0n) is 9.81. The molecule has 0 aliphatic rings. The van der Waals surface area contributed by atoms with Gasteiger partial charge in [-0.05, 0) is 48.5 Å². The molecule has 0 saturated heterocycles. The average Bonchev–Trinajstić information content (AvgIpc) is 2.41. The van der Waals surface area contributed by atoms with Gasteiger partial charge in [0.1, 0.15) is 11.5 Å². The standard InChI is InChI=1S/C14H12ClNO2/c1-17-14(16)10-2-6-12(7-3-10)18-13-8-4-11(15)5-9-13/h2-9,16H,1H3. The highest BCUT2D eigenvalue weighted by atomic mass is 35.5. The molecular weight excluding hydrogens is 250 g/mol. The number of hydrogen-bond acceptors (Lipinski definition) is 3. The highest BCUT2D eigenvalue weighted by Gasteiger charge is 2.02. The molecule has 2 aromatic rings. The van der Waals surface area contributed by atoms with Crippen LogP contribution in [-0.2, 0) is 4.74 Å². The van der Waals surface area contributed by atoms with Crippen molar-refractivity contribution in [2.24, 2.45) is 0 Å². The molecule has 0 aliphatic carbocycles. The summed E-state index contributed by atoms with van der Waals surface area (Å²) in [5, 5.41) is 8.19. The first kappa shape index (κ1) is 12.5. The van der Waals surface area contributed by atoms with Crippen molar-refractivity contribution < 1.29 is 9.47 Å². The van der Waals surface area contributed by atoms with Gasteiger partial charge in [-0.2, -0.15) is 0 Å². The third-order valence-corrected chi connectivity index (χ3v) is 2.62. The molecule has 0 aliphatic heterocycles. The Bertz CT molecular complexity index is 535. The largest absolute Gasteiger partial charge is 0.481 e. The van der Waals surface area contributed by atoms with Crippen LogP contribution in [0.5, 0.6) is 11.5 Å². The minimum Gasteiger partial charge on any atom is -0.481 e. The van der Waals surface area contributed by atoms with E-state index < -0.39 is 0 Å². The van der Waals surface area contributed by atoms with E-state index in [1.165, 1.54) is 7.11 Å². The summed E-state index contributed by atoms with van der Waals surface area (Å²) in [7, 11) is 1.47. The van der Waals surface area contributed by atoms with Crippen molar-refractivity contribution in [3.63, 3.8) is 0 Å². The van der Waals surface area contributed by atoms with Crippen molar-refractivity contribution in [2.45, 2.75) is 0 Å². The number of halogens is 1. The van der Waals surface area contributed by atoms with E-state index in [1.54, 1.807) is 48.5 Å². The van der Waals surface area contributed by atoms with Crippen LogP contribution >= 0.6 is 11.6 Å². The van der Waals surface area contributed by atoms with Crippen LogP contribution in [-0.4, -0.2) is 13.0 Å². The normalized spacial score (nSPS) is 9.89. The first-order valence-electron chi connectivity index (χ1n) is 5.35. The van der Waals surface area contributed by atoms with E-state index in [0.717, 1.165) is 0 Å². The quantitative estimate of drug-likeness (QED) is 0.667. The summed E-state index contributed by atoms with van der Waals surface area (Å²) in [6, 6.07) is 14.3. The van der Waals surface area contributed by atoms with Crippen LogP contribution in [0.25, 0.3) is 0 Å². The molecule has 0 fully saturated rings. The number of ether oxygens (including phenoxy) is 2. The maximum absolute atomic E-state index is 7.52. The molecule has 0 atom stereocenters. The molecule has 0 heterocycles. The molecule has 18 heavy (non-hydrogen) atoms. The van der Waals surface area contributed by atoms with Gasteiger partial charge in [0.15, 0.2) is 0 Å². The van der Waals surface area contributed by atoms with Crippen LogP contribution < -0.4 is 4.74 Å². The fourth-order valence-corrected chi connectivity index (χ4v) is 1.56. The van der Waals surface area contributed by atoms with Gasteiger partial charge in [0.2, 0.25) is 5.90 Å². The molecule has 2 rings (SSSR count). The maximum atomic E-state index is 7.52. The zero-order chi connectivity index (χ0) is 13.0. The smallest absolute Gasteiger partial charge is 0.212 e. The minimum absolute atomic E-state index is 0.132. The lowest BCUT2D eigenvalue weighted by molar-refractivity contribution is 0.401. The molecule has 92 valence electrons. The number of nitrogens with one attached hydrogen (secondary N) is 1. The van der Waals surface area contributed by atoms with Crippen LogP contribution in [0.15, 0.2) is 48.5 Å². The summed E-state index contributed by atoms with van der Waals surface area (Å²) >= 11 is 5.79. The van der Waals surface area contributed by atoms with E-state index in [4.69, 9.17) is 26.5 Å². The Morgan fingerprint density at radius 2 is 1.44 bits per heavy atom. The Kier molecular flexibility index (Phi) is 3.85. The Labute approximate surface area is 110 Å². The van der Waals surface area contributed by atoms with Crippen molar-refractivity contribution >= 4 is 17.5 Å². The lowest BCUT2D eigenvalue weighted by atomic mass is 10.2. The topological polar surface area (TPSA) is 42.3 Å². The van der Waals surface area contributed by atoms with Gasteiger partial charge in [0.05, 0.1) is 7.11 Å². The third kappa shape index (κ3) is 3.02. The van der Waals surface area contributed by atoms with E-state index in [9.17, 15) is 0 Å². The fraction of sp³-hybridized carbons (Fsp3) is 0.0714. The van der Waals surface area contributed by atoms with Gasteiger partial charge < -0.3 is 9.47 Å². The Hall–Kier alpha value is -2.00. The van der Waals surface area contributed by atoms with Crippen LogP contribution in [0, 0.1) is 5.41 Å². The summed E-state index contributed by atoms with van der Waals surface area (Å²) in [6.45, 7) is 0. The van der Waals surface area contributed by atoms with Gasteiger partial charge in [-0.1, -0.05) is 11.6 Å². The van der Waals surface area contributed by atoms with E-state index in [0.29, 0.717) is 22.1 Å². The molecule has 0 unspecified atom stereocenters. The highest BCUT2D eigenvalue weighted by Crippen LogP contribution is 2.23. The second kappa shape index (κ2) is 5.56. The molecular formula is C14H12ClNO2. The van der Waals surface area contributed by atoms with Gasteiger partial charge in [-0.3, -0.25) is 5.41 Å². The first-order chi connectivity index (χ1) is 8.69. The molecule has 4 heteroatoms. The summed E-state index contributed by atoms with van der Waals surface area (Å²) in [4.78, 5) is 0. The fourth-order valence-electron chi connectivity index (χ4n) is 1.43. The van der Waals surface area contributed by atoms with E-state index in [2.05, 4.69) is 0 Å². The van der Waals surface area contributed by atoms with Crippen molar-refractivity contribution in [2.75, 3.05) is 7.11 Å². The molecule has 2 aromatic carbocycles. The summed E-state index contributed by atoms with van der Waals surface area (Å²) in [6.07, 6.45) is 0. The molecule has 0 aromatic heterocycles. The van der Waals surface area contributed by atoms with Gasteiger partial charge in [-0.25, -0.2) is 0 Å². The van der Waals surface area contributed by atoms with Crippen LogP contribution in [0.4, 0.5) is 0 Å². The maximum Gasteiger partial charge on any atom is 0.212 e. The number of benzene rings is 2. The minimum atomic E-state index is 0.132. The summed E-state index contributed by atoms with van der Waals surface area (Å²) < 4.78 is 10.5. The number of rotatable bonds is 3. The number of hydrogen-bond donors (Lipinski definition) is 1. The molecule has 0 spiro atoms. The molecule has 0 saturated carbocycles. The first-order valence-corrected chi connectivity index (χ1v) is 5.73. The van der Waals surface area contributed by atoms with Crippen LogP contribution in [0.3, 0.4) is 0 Å². The molecule has 3 nitrogen and oxygen atoms in total. The molecule has 0 radical (unpaired) electrons. The van der Waals surface area contributed by atoms with Crippen molar-refractivity contribution in [1.82, 2.24) is 0 Å². The SMILES string of the molecule is COC(=N)c1ccc(Oc2ccc(Cl)cc2)cc1. The van der Waals surface area contributed by atoms with Gasteiger partial charge in [0.25, 0.3) is 0 Å². The predicted molar refractivity (Wildman–Crippen MR) is 71.8 cm³/mol. The lowest BCUT2D eigenvalue weighted by Gasteiger charge is -2.07. The van der Waals surface area contributed by atoms with Crippen LogP contribution in [0.1, 0.15) is 5.56 Å². The monoisotopic (exact) mass is 261 g/mol. The Balaban J connectivity index is 2.10. The van der Waals surface area contributed by atoms with E-state index in [1.807, 2.05) is 0 Å². The molecule has 0 bridgehead atoms. The van der Waals surface area contributed by atoms with E-state index in [-0.39, 0.29) is 5.90 Å². The van der Waals surface area contributed by atoms with Gasteiger partial charge >= 0.3 is 0 Å². The van der Waals surface area contributed by atoms with E-state index >= 15 is 0 Å². The number of methoxy groups -OCH3 is 1. The van der Waals surface area contributed by atoms with Crippen molar-refractivity contribution in [3.05, 3.63) is 59.1 Å². The summed E-state index contributed by atoms with van der Waals surface area (Å²) in [5.41, 5.74) is 0.709.